The zero-order valence-corrected chi connectivity index (χ0v) is 17.3. The Labute approximate surface area is 186 Å². The van der Waals surface area contributed by atoms with Gasteiger partial charge >= 0.3 is 6.03 Å². The van der Waals surface area contributed by atoms with Crippen LogP contribution in [0.3, 0.4) is 0 Å². The molecule has 0 saturated carbocycles. The summed E-state index contributed by atoms with van der Waals surface area (Å²) in [6, 6.07) is 2.32. The molecule has 2 aromatic carbocycles. The van der Waals surface area contributed by atoms with E-state index in [0.29, 0.717) is 12.5 Å². The van der Waals surface area contributed by atoms with E-state index in [2.05, 4.69) is 5.32 Å². The van der Waals surface area contributed by atoms with Crippen LogP contribution in [0.5, 0.6) is 0 Å². The summed E-state index contributed by atoms with van der Waals surface area (Å²) in [4.78, 5) is 28.2. The number of fused-ring (bicyclic) bond motifs is 2. The number of benzene rings is 2. The highest BCUT2D eigenvalue weighted by atomic mass is 19.2. The number of halogens is 5. The number of nitrogens with two attached hydrogens (primary N) is 1. The van der Waals surface area contributed by atoms with Gasteiger partial charge in [-0.1, -0.05) is 6.07 Å². The number of urea groups is 1. The van der Waals surface area contributed by atoms with Crippen LogP contribution in [0, 0.1) is 29.1 Å². The number of nitrogens with one attached hydrogen (secondary N) is 1. The Morgan fingerprint density at radius 1 is 0.939 bits per heavy atom. The molecule has 0 unspecified atom stereocenters. The van der Waals surface area contributed by atoms with Crippen LogP contribution < -0.4 is 11.1 Å². The van der Waals surface area contributed by atoms with Crippen molar-refractivity contribution in [2.45, 2.75) is 37.4 Å². The molecule has 2 aliphatic rings. The molecule has 2 aliphatic heterocycles. The van der Waals surface area contributed by atoms with Gasteiger partial charge in [0.2, 0.25) is 5.91 Å². The maximum atomic E-state index is 13.8. The van der Waals surface area contributed by atoms with Crippen LogP contribution in [0.25, 0.3) is 0 Å². The molecule has 33 heavy (non-hydrogen) atoms. The summed E-state index contributed by atoms with van der Waals surface area (Å²) in [7, 11) is 0. The first-order valence-electron chi connectivity index (χ1n) is 10.3. The summed E-state index contributed by atoms with van der Waals surface area (Å²) in [6.45, 7) is 0.411. The minimum absolute atomic E-state index is 0.125. The van der Waals surface area contributed by atoms with E-state index in [0.717, 1.165) is 18.2 Å². The summed E-state index contributed by atoms with van der Waals surface area (Å²) in [5.74, 6) is -5.54. The van der Waals surface area contributed by atoms with Gasteiger partial charge in [0.1, 0.15) is 23.1 Å². The van der Waals surface area contributed by atoms with Gasteiger partial charge in [-0.3, -0.25) is 4.79 Å². The van der Waals surface area contributed by atoms with Crippen LogP contribution in [0.1, 0.15) is 18.4 Å². The minimum atomic E-state index is -1.31. The first-order chi connectivity index (χ1) is 15.6. The highest BCUT2D eigenvalue weighted by Gasteiger charge is 2.47. The average molecular weight is 468 g/mol. The smallest absolute Gasteiger partial charge is 0.322 e. The number of amides is 3. The van der Waals surface area contributed by atoms with Gasteiger partial charge in [0.05, 0.1) is 12.1 Å². The largest absolute Gasteiger partial charge is 0.336 e. The fourth-order valence-electron chi connectivity index (χ4n) is 4.43. The first-order valence-corrected chi connectivity index (χ1v) is 10.3. The summed E-state index contributed by atoms with van der Waals surface area (Å²) in [5, 5.41) is 2.24. The second kappa shape index (κ2) is 8.97. The van der Waals surface area contributed by atoms with Crippen molar-refractivity contribution in [1.82, 2.24) is 9.80 Å². The lowest BCUT2D eigenvalue weighted by Gasteiger charge is -2.34. The van der Waals surface area contributed by atoms with Crippen molar-refractivity contribution < 1.29 is 31.5 Å². The Morgan fingerprint density at radius 3 is 2.18 bits per heavy atom. The van der Waals surface area contributed by atoms with E-state index in [1.165, 1.54) is 11.0 Å². The quantitative estimate of drug-likeness (QED) is 0.523. The molecule has 0 spiro atoms. The third kappa shape index (κ3) is 4.63. The third-order valence-electron chi connectivity index (χ3n) is 6.02. The molecule has 0 aliphatic carbocycles. The maximum absolute atomic E-state index is 13.8. The van der Waals surface area contributed by atoms with Gasteiger partial charge in [-0.15, -0.1) is 0 Å². The number of piperazine rings is 1. The zero-order valence-electron chi connectivity index (χ0n) is 17.3. The number of anilines is 1. The van der Waals surface area contributed by atoms with E-state index in [9.17, 15) is 31.5 Å². The second-order valence-corrected chi connectivity index (χ2v) is 8.29. The normalized spacial score (nSPS) is 20.3. The number of rotatable bonds is 5. The van der Waals surface area contributed by atoms with Crippen molar-refractivity contribution in [3.63, 3.8) is 0 Å². The van der Waals surface area contributed by atoms with Gasteiger partial charge in [0.15, 0.2) is 11.6 Å². The minimum Gasteiger partial charge on any atom is -0.336 e. The van der Waals surface area contributed by atoms with E-state index in [4.69, 9.17) is 5.73 Å². The maximum Gasteiger partial charge on any atom is 0.322 e. The van der Waals surface area contributed by atoms with E-state index in [1.807, 2.05) is 0 Å². The highest BCUT2D eigenvalue weighted by molar-refractivity contribution is 5.90. The van der Waals surface area contributed by atoms with Crippen LogP contribution in [0.4, 0.5) is 32.4 Å². The molecule has 6 nitrogen and oxygen atoms in total. The van der Waals surface area contributed by atoms with Crippen molar-refractivity contribution in [2.24, 2.45) is 5.73 Å². The summed E-state index contributed by atoms with van der Waals surface area (Å²) in [6.07, 6.45) is 0.208. The van der Waals surface area contributed by atoms with Crippen LogP contribution in [0.2, 0.25) is 0 Å². The molecule has 3 N–H and O–H groups in total. The van der Waals surface area contributed by atoms with E-state index in [-0.39, 0.29) is 49.5 Å². The highest BCUT2D eigenvalue weighted by Crippen LogP contribution is 2.32. The Bertz CT molecular complexity index is 1080. The number of nitrogens with zero attached hydrogens (tertiary/aromatic N) is 2. The lowest BCUT2D eigenvalue weighted by molar-refractivity contribution is -0.133. The van der Waals surface area contributed by atoms with Crippen molar-refractivity contribution in [1.29, 1.82) is 0 Å². The third-order valence-corrected chi connectivity index (χ3v) is 6.02. The van der Waals surface area contributed by atoms with Crippen molar-refractivity contribution in [2.75, 3.05) is 18.4 Å². The van der Waals surface area contributed by atoms with Crippen LogP contribution >= 0.6 is 0 Å². The van der Waals surface area contributed by atoms with Crippen LogP contribution in [0.15, 0.2) is 30.3 Å². The molecule has 2 fully saturated rings. The average Bonchev–Trinajstić information content (AvgIpc) is 3.36. The summed E-state index contributed by atoms with van der Waals surface area (Å²) >= 11 is 0. The van der Waals surface area contributed by atoms with Gasteiger partial charge in [-0.25, -0.2) is 26.7 Å². The van der Waals surface area contributed by atoms with Crippen molar-refractivity contribution in [3.8, 4) is 0 Å². The molecule has 4 rings (SSSR count). The molecule has 11 heteroatoms. The Hall–Kier alpha value is -3.21. The summed E-state index contributed by atoms with van der Waals surface area (Å²) < 4.78 is 67.9. The second-order valence-electron chi connectivity index (χ2n) is 8.29. The van der Waals surface area contributed by atoms with E-state index < -0.39 is 46.8 Å². The molecule has 176 valence electrons. The summed E-state index contributed by atoms with van der Waals surface area (Å²) in [5.41, 5.74) is 5.28. The number of carbonyl (C=O) groups excluding carboxylic acids is 2. The standard InChI is InChI=1S/C22H21F5N4O2/c23-15-2-1-3-16(24)21(15)29-22(33)31-10-13-7-14(31)9-30(13)20(32)6-12(28)4-11-5-18(26)19(27)8-17(11)25/h1-3,5,8,12-14H,4,6-7,9-10,28H2,(H,29,33)/t12-,13+,14+/m1/s1. The molecule has 3 amide bonds. The molecule has 2 heterocycles. The first kappa shape index (κ1) is 23.0. The van der Waals surface area contributed by atoms with Gasteiger partial charge in [-0.05, 0) is 36.6 Å². The van der Waals surface area contributed by atoms with Gasteiger partial charge in [0.25, 0.3) is 0 Å². The lowest BCUT2D eigenvalue weighted by atomic mass is 10.0. The number of para-hydroxylation sites is 1. The predicted molar refractivity (Wildman–Crippen MR) is 109 cm³/mol. The topological polar surface area (TPSA) is 78.7 Å². The van der Waals surface area contributed by atoms with Crippen molar-refractivity contribution in [3.05, 3.63) is 65.0 Å². The SMILES string of the molecule is N[C@@H](CC(=O)N1C[C@@H]2C[C@H]1CN2C(=O)Nc1c(F)cccc1F)Cc1cc(F)c(F)cc1F. The van der Waals surface area contributed by atoms with Gasteiger partial charge < -0.3 is 20.9 Å². The van der Waals surface area contributed by atoms with E-state index >= 15 is 0 Å². The lowest BCUT2D eigenvalue weighted by Crippen LogP contribution is -2.52. The number of carbonyl (C=O) groups is 2. The zero-order chi connectivity index (χ0) is 23.9. The molecule has 3 atom stereocenters. The molecular formula is C22H21F5N4O2. The predicted octanol–water partition coefficient (Wildman–Crippen LogP) is 3.16. The molecule has 0 aromatic heterocycles. The monoisotopic (exact) mass is 468 g/mol. The molecule has 2 saturated heterocycles. The van der Waals surface area contributed by atoms with E-state index in [1.54, 1.807) is 4.90 Å². The number of hydrogen-bond donors (Lipinski definition) is 2. The molecule has 2 aromatic rings. The van der Waals surface area contributed by atoms with Crippen molar-refractivity contribution >= 4 is 17.6 Å². The molecular weight excluding hydrogens is 447 g/mol. The molecule has 0 radical (unpaired) electrons. The van der Waals surface area contributed by atoms with Crippen LogP contribution in [-0.2, 0) is 11.2 Å². The van der Waals surface area contributed by atoms with Crippen LogP contribution in [-0.4, -0.2) is 53.0 Å². The Balaban J connectivity index is 1.32. The van der Waals surface area contributed by atoms with Gasteiger partial charge in [0, 0.05) is 31.6 Å². The Morgan fingerprint density at radius 2 is 1.55 bits per heavy atom. The number of hydrogen-bond acceptors (Lipinski definition) is 3. The van der Waals surface area contributed by atoms with Gasteiger partial charge in [-0.2, -0.15) is 0 Å². The molecule has 2 bridgehead atoms. The fourth-order valence-corrected chi connectivity index (χ4v) is 4.43. The number of likely N-dealkylation sites (tertiary alicyclic amines) is 2. The Kier molecular flexibility index (Phi) is 6.24. The fraction of sp³-hybridized carbons (Fsp3) is 0.364.